The normalized spacial score (nSPS) is 9.76. The van der Waals surface area contributed by atoms with Gasteiger partial charge >= 0.3 is 11.8 Å². The Morgan fingerprint density at radius 2 is 1.72 bits per heavy atom. The summed E-state index contributed by atoms with van der Waals surface area (Å²) in [5, 5.41) is 0. The van der Waals surface area contributed by atoms with E-state index in [2.05, 4.69) is 14.5 Å². The second-order valence-corrected chi connectivity index (χ2v) is 5.60. The molecule has 0 unspecified atom stereocenters. The number of methoxy groups -OCH3 is 1. The Morgan fingerprint density at radius 1 is 1.10 bits per heavy atom. The van der Waals surface area contributed by atoms with Crippen LogP contribution in [-0.4, -0.2) is 38.7 Å². The van der Waals surface area contributed by atoms with Crippen LogP contribution < -0.4 is 4.74 Å². The van der Waals surface area contributed by atoms with Crippen molar-refractivity contribution in [1.29, 1.82) is 0 Å². The van der Waals surface area contributed by atoms with Gasteiger partial charge in [-0.3, -0.25) is 4.79 Å². The van der Waals surface area contributed by atoms with E-state index < -0.39 is 5.97 Å². The van der Waals surface area contributed by atoms with Crippen LogP contribution in [0.25, 0.3) is 20.6 Å². The van der Waals surface area contributed by atoms with Crippen LogP contribution in [0.4, 0.5) is 0 Å². The third-order valence-electron chi connectivity index (χ3n) is 3.04. The van der Waals surface area contributed by atoms with E-state index >= 15 is 0 Å². The molecule has 0 amide bonds. The van der Waals surface area contributed by atoms with Gasteiger partial charge in [-0.05, 0) is 42.5 Å². The van der Waals surface area contributed by atoms with Crippen molar-refractivity contribution in [3.05, 3.63) is 94.0 Å². The van der Waals surface area contributed by atoms with Crippen LogP contribution in [-0.2, 0) is 9.53 Å². The van der Waals surface area contributed by atoms with Crippen molar-refractivity contribution >= 4 is 12.0 Å². The molecule has 0 aromatic heterocycles. The van der Waals surface area contributed by atoms with Crippen molar-refractivity contribution in [2.24, 2.45) is 0 Å². The quantitative estimate of drug-likeness (QED) is 0.293. The SMILES string of the molecule is [C-]#[N+]/C(=C\c1ccc(OC)cc1)C(=O)OCCC.[C-]#[N+]C(=C/C=C\N(C)C)[N+]#[C-]. The van der Waals surface area contributed by atoms with E-state index in [0.29, 0.717) is 6.61 Å². The standard InChI is InChI=1S/C14H15NO3.C8H9N3/c1-4-9-18-14(16)13(15-2)10-11-5-7-12(17-3)8-6-11;1-9-8(10-2)6-5-7-11(3)4/h5-8,10H,4,9H2,1,3H3;5-7H,3-4H3/b13-10-;7-5-. The molecule has 0 fully saturated rings. The molecule has 0 bridgehead atoms. The summed E-state index contributed by atoms with van der Waals surface area (Å²) in [4.78, 5) is 22.5. The molecule has 0 radical (unpaired) electrons. The molecular formula is C22H24N4O3. The second kappa shape index (κ2) is 15.1. The van der Waals surface area contributed by atoms with Crippen molar-refractivity contribution in [3.8, 4) is 5.75 Å². The zero-order valence-corrected chi connectivity index (χ0v) is 17.0. The Balaban J connectivity index is 0.000000614. The highest BCUT2D eigenvalue weighted by molar-refractivity contribution is 5.95. The lowest BCUT2D eigenvalue weighted by atomic mass is 10.2. The lowest BCUT2D eigenvalue weighted by Crippen LogP contribution is -2.06. The molecule has 1 aromatic carbocycles. The number of carbonyl (C=O) groups excluding carboxylic acids is 1. The third kappa shape index (κ3) is 11.3. The van der Waals surface area contributed by atoms with E-state index in [9.17, 15) is 4.79 Å². The Morgan fingerprint density at radius 3 is 2.17 bits per heavy atom. The maximum absolute atomic E-state index is 11.5. The lowest BCUT2D eigenvalue weighted by molar-refractivity contribution is -0.138. The average molecular weight is 392 g/mol. The van der Waals surface area contributed by atoms with Gasteiger partial charge in [-0.2, -0.15) is 9.69 Å². The number of carbonyl (C=O) groups is 1. The molecule has 1 rings (SSSR count). The monoisotopic (exact) mass is 392 g/mol. The fourth-order valence-electron chi connectivity index (χ4n) is 1.66. The largest absolute Gasteiger partial charge is 0.519 e. The second-order valence-electron chi connectivity index (χ2n) is 5.60. The van der Waals surface area contributed by atoms with Gasteiger partial charge in [-0.15, -0.1) is 0 Å². The first kappa shape index (κ1) is 25.0. The Bertz CT molecular complexity index is 845. The predicted molar refractivity (Wildman–Crippen MR) is 113 cm³/mol. The Kier molecular flexibility index (Phi) is 13.0. The van der Waals surface area contributed by atoms with E-state index in [1.54, 1.807) is 43.7 Å². The van der Waals surface area contributed by atoms with Crippen LogP contribution in [0.2, 0.25) is 0 Å². The molecule has 150 valence electrons. The predicted octanol–water partition coefficient (Wildman–Crippen LogP) is 4.65. The molecule has 0 aliphatic rings. The van der Waals surface area contributed by atoms with Gasteiger partial charge in [0.05, 0.1) is 20.3 Å². The Hall–Kier alpha value is -4.02. The smallest absolute Gasteiger partial charge is 0.497 e. The third-order valence-corrected chi connectivity index (χ3v) is 3.04. The first-order chi connectivity index (χ1) is 13.9. The van der Waals surface area contributed by atoms with Crippen molar-refractivity contribution in [2.45, 2.75) is 13.3 Å². The highest BCUT2D eigenvalue weighted by atomic mass is 16.5. The first-order valence-electron chi connectivity index (χ1n) is 8.61. The summed E-state index contributed by atoms with van der Waals surface area (Å²) >= 11 is 0. The highest BCUT2D eigenvalue weighted by Gasteiger charge is 2.10. The van der Waals surface area contributed by atoms with Gasteiger partial charge < -0.3 is 14.4 Å². The average Bonchev–Trinajstić information content (AvgIpc) is 2.74. The summed E-state index contributed by atoms with van der Waals surface area (Å²) in [5.74, 6) is 0.232. The molecule has 0 atom stereocenters. The number of hydrogen-bond acceptors (Lipinski definition) is 4. The van der Waals surface area contributed by atoms with Crippen molar-refractivity contribution in [3.63, 3.8) is 0 Å². The minimum Gasteiger partial charge on any atom is -0.497 e. The zero-order valence-electron chi connectivity index (χ0n) is 17.0. The van der Waals surface area contributed by atoms with E-state index in [-0.39, 0.29) is 11.5 Å². The molecule has 0 heterocycles. The summed E-state index contributed by atoms with van der Waals surface area (Å²) in [6.45, 7) is 22.3. The molecule has 7 heteroatoms. The summed E-state index contributed by atoms with van der Waals surface area (Å²) in [6.07, 6.45) is 7.17. The van der Waals surface area contributed by atoms with E-state index in [1.165, 1.54) is 12.2 Å². The molecule has 0 N–H and O–H groups in total. The lowest BCUT2D eigenvalue weighted by Gasteiger charge is -2.02. The van der Waals surface area contributed by atoms with Crippen LogP contribution in [0, 0.1) is 19.7 Å². The molecule has 29 heavy (non-hydrogen) atoms. The van der Waals surface area contributed by atoms with Crippen molar-refractivity contribution in [2.75, 3.05) is 27.8 Å². The van der Waals surface area contributed by atoms with Crippen LogP contribution in [0.1, 0.15) is 18.9 Å². The maximum Gasteiger partial charge on any atom is 0.519 e. The molecule has 1 aromatic rings. The number of hydrogen-bond donors (Lipinski definition) is 0. The maximum atomic E-state index is 11.5. The molecular weight excluding hydrogens is 368 g/mol. The fraction of sp³-hybridized carbons (Fsp3) is 0.273. The number of nitrogens with zero attached hydrogens (tertiary/aromatic N) is 4. The molecule has 0 saturated carbocycles. The first-order valence-corrected chi connectivity index (χ1v) is 8.61. The van der Waals surface area contributed by atoms with Gasteiger partial charge in [0.2, 0.25) is 0 Å². The topological polar surface area (TPSA) is 51.9 Å². The number of rotatable bonds is 7. The fourth-order valence-corrected chi connectivity index (χ4v) is 1.66. The van der Waals surface area contributed by atoms with Gasteiger partial charge in [0.25, 0.3) is 5.70 Å². The summed E-state index contributed by atoms with van der Waals surface area (Å²) < 4.78 is 9.94. The zero-order chi connectivity index (χ0) is 22.1. The van der Waals surface area contributed by atoms with Crippen LogP contribution in [0.5, 0.6) is 5.75 Å². The van der Waals surface area contributed by atoms with Gasteiger partial charge in [-0.25, -0.2) is 4.85 Å². The minimum absolute atomic E-state index is 0.0198. The van der Waals surface area contributed by atoms with Gasteiger partial charge in [0.1, 0.15) is 18.9 Å². The summed E-state index contributed by atoms with van der Waals surface area (Å²) in [5.41, 5.74) is 0.740. The molecule has 0 saturated heterocycles. The van der Waals surface area contributed by atoms with Crippen molar-refractivity contribution in [1.82, 2.24) is 4.90 Å². The van der Waals surface area contributed by atoms with Gasteiger partial charge in [-0.1, -0.05) is 19.1 Å². The van der Waals surface area contributed by atoms with Crippen molar-refractivity contribution < 1.29 is 14.3 Å². The number of benzene rings is 1. The number of allylic oxidation sites excluding steroid dienone is 2. The van der Waals surface area contributed by atoms with E-state index in [0.717, 1.165) is 17.7 Å². The Labute approximate surface area is 172 Å². The molecule has 7 nitrogen and oxygen atoms in total. The molecule has 0 aliphatic carbocycles. The van der Waals surface area contributed by atoms with E-state index in [4.69, 9.17) is 29.2 Å². The van der Waals surface area contributed by atoms with Crippen LogP contribution in [0.15, 0.2) is 54.1 Å². The molecule has 0 aliphatic heterocycles. The minimum atomic E-state index is -0.581. The van der Waals surface area contributed by atoms with Crippen LogP contribution >= 0.6 is 0 Å². The highest BCUT2D eigenvalue weighted by Crippen LogP contribution is 2.15. The number of ether oxygens (including phenoxy) is 2. The number of esters is 1. The van der Waals surface area contributed by atoms with Gasteiger partial charge in [0, 0.05) is 20.2 Å². The summed E-state index contributed by atoms with van der Waals surface area (Å²) in [6, 6.07) is 7.09. The molecule has 0 spiro atoms. The summed E-state index contributed by atoms with van der Waals surface area (Å²) in [7, 11) is 5.33. The van der Waals surface area contributed by atoms with E-state index in [1.807, 2.05) is 25.9 Å². The van der Waals surface area contributed by atoms with Crippen LogP contribution in [0.3, 0.4) is 0 Å². The van der Waals surface area contributed by atoms with Gasteiger partial charge in [0.15, 0.2) is 0 Å².